The first-order chi connectivity index (χ1) is 17.2. The lowest BCUT2D eigenvalue weighted by Gasteiger charge is -2.42. The van der Waals surface area contributed by atoms with Crippen molar-refractivity contribution in [2.24, 2.45) is 0 Å². The second-order valence-electron chi connectivity index (χ2n) is 9.05. The quantitative estimate of drug-likeness (QED) is 0.373. The Kier molecular flexibility index (Phi) is 8.14. The Morgan fingerprint density at radius 1 is 1.14 bits per heavy atom. The molecule has 4 rings (SSSR count). The first kappa shape index (κ1) is 26.3. The number of carbonyl (C=O) groups excluding carboxylic acids is 1. The molecule has 0 aliphatic carbocycles. The SMILES string of the molecule is COc1ccc(Br)cc1S(=O)N[C@@H]1c2cc(C(=O)NCCc3ccccc3)ccc2OC(C)(C)[C@H]1O. The van der Waals surface area contributed by atoms with Crippen molar-refractivity contribution in [2.75, 3.05) is 13.7 Å². The van der Waals surface area contributed by atoms with Gasteiger partial charge in [-0.2, -0.15) is 0 Å². The molecule has 0 bridgehead atoms. The van der Waals surface area contributed by atoms with Crippen LogP contribution in [0.15, 0.2) is 76.1 Å². The molecule has 1 aliphatic rings. The molecule has 0 radical (unpaired) electrons. The summed E-state index contributed by atoms with van der Waals surface area (Å²) in [5.74, 6) is 0.736. The second kappa shape index (κ2) is 11.1. The third-order valence-electron chi connectivity index (χ3n) is 6.11. The van der Waals surface area contributed by atoms with Crippen molar-refractivity contribution in [2.45, 2.75) is 42.9 Å². The molecule has 7 nitrogen and oxygen atoms in total. The minimum absolute atomic E-state index is 0.235. The van der Waals surface area contributed by atoms with Gasteiger partial charge in [0, 0.05) is 22.1 Å². The maximum absolute atomic E-state index is 13.4. The van der Waals surface area contributed by atoms with Crippen molar-refractivity contribution in [1.29, 1.82) is 0 Å². The van der Waals surface area contributed by atoms with Crippen molar-refractivity contribution in [1.82, 2.24) is 10.0 Å². The highest BCUT2D eigenvalue weighted by atomic mass is 79.9. The number of hydrogen-bond acceptors (Lipinski definition) is 5. The summed E-state index contributed by atoms with van der Waals surface area (Å²) in [5.41, 5.74) is 1.17. The molecule has 190 valence electrons. The van der Waals surface area contributed by atoms with E-state index in [1.54, 1.807) is 50.2 Å². The van der Waals surface area contributed by atoms with Gasteiger partial charge in [0.1, 0.15) is 34.2 Å². The number of halogens is 1. The van der Waals surface area contributed by atoms with E-state index >= 15 is 0 Å². The molecule has 0 fully saturated rings. The van der Waals surface area contributed by atoms with Crippen LogP contribution in [0.25, 0.3) is 0 Å². The van der Waals surface area contributed by atoms with Gasteiger partial charge in [-0.1, -0.05) is 46.3 Å². The Morgan fingerprint density at radius 2 is 1.89 bits per heavy atom. The van der Waals surface area contributed by atoms with Gasteiger partial charge >= 0.3 is 0 Å². The van der Waals surface area contributed by atoms with Crippen molar-refractivity contribution < 1.29 is 23.6 Å². The molecule has 3 aromatic rings. The summed E-state index contributed by atoms with van der Waals surface area (Å²) in [5, 5.41) is 14.1. The zero-order chi connectivity index (χ0) is 25.9. The van der Waals surface area contributed by atoms with E-state index in [9.17, 15) is 14.1 Å². The van der Waals surface area contributed by atoms with Gasteiger partial charge in [0.05, 0.1) is 18.0 Å². The highest BCUT2D eigenvalue weighted by molar-refractivity contribution is 9.10. The Bertz CT molecular complexity index is 1270. The third-order valence-corrected chi connectivity index (χ3v) is 7.79. The number of rotatable bonds is 8. The first-order valence-corrected chi connectivity index (χ1v) is 13.5. The standard InChI is InChI=1S/C27H29BrN2O5S/c1-27(2)25(31)24(30-36(33)23-16-19(28)10-12-22(23)34-3)20-15-18(9-11-21(20)35-27)26(32)29-14-13-17-7-5-4-6-8-17/h4-12,15-16,24-25,30-31H,13-14H2,1-3H3,(H,29,32)/t24-,25+,36?/m1/s1. The molecule has 0 saturated heterocycles. The highest BCUT2D eigenvalue weighted by Gasteiger charge is 2.44. The number of aliphatic hydroxyl groups is 1. The molecular weight excluding hydrogens is 544 g/mol. The number of ether oxygens (including phenoxy) is 2. The number of aliphatic hydroxyl groups excluding tert-OH is 1. The van der Waals surface area contributed by atoms with E-state index in [1.165, 1.54) is 7.11 Å². The van der Waals surface area contributed by atoms with E-state index in [2.05, 4.69) is 26.0 Å². The number of nitrogens with one attached hydrogen (secondary N) is 2. The van der Waals surface area contributed by atoms with E-state index in [4.69, 9.17) is 9.47 Å². The predicted molar refractivity (Wildman–Crippen MR) is 143 cm³/mol. The molecule has 3 atom stereocenters. The molecule has 1 heterocycles. The first-order valence-electron chi connectivity index (χ1n) is 11.5. The van der Waals surface area contributed by atoms with E-state index in [0.29, 0.717) is 40.5 Å². The number of carbonyl (C=O) groups is 1. The molecule has 0 spiro atoms. The number of methoxy groups -OCH3 is 1. The fourth-order valence-electron chi connectivity index (χ4n) is 4.11. The summed E-state index contributed by atoms with van der Waals surface area (Å²) >= 11 is 3.40. The van der Waals surface area contributed by atoms with Crippen LogP contribution in [0.1, 0.15) is 41.4 Å². The fourth-order valence-corrected chi connectivity index (χ4v) is 5.80. The smallest absolute Gasteiger partial charge is 0.251 e. The summed E-state index contributed by atoms with van der Waals surface area (Å²) in [6.07, 6.45) is -0.325. The van der Waals surface area contributed by atoms with E-state index in [-0.39, 0.29) is 5.91 Å². The second-order valence-corrected chi connectivity index (χ2v) is 11.2. The van der Waals surface area contributed by atoms with Crippen LogP contribution in [0.3, 0.4) is 0 Å². The van der Waals surface area contributed by atoms with Crippen LogP contribution >= 0.6 is 15.9 Å². The Morgan fingerprint density at radius 3 is 2.61 bits per heavy atom. The molecule has 3 aromatic carbocycles. The van der Waals surface area contributed by atoms with Gasteiger partial charge in [0.25, 0.3) is 5.91 Å². The lowest BCUT2D eigenvalue weighted by Crippen LogP contribution is -2.52. The minimum Gasteiger partial charge on any atom is -0.495 e. The van der Waals surface area contributed by atoms with Gasteiger partial charge in [0.2, 0.25) is 0 Å². The summed E-state index contributed by atoms with van der Waals surface area (Å²) in [6, 6.07) is 19.5. The maximum Gasteiger partial charge on any atom is 0.251 e. The lowest BCUT2D eigenvalue weighted by molar-refractivity contribution is -0.0601. The highest BCUT2D eigenvalue weighted by Crippen LogP contribution is 2.41. The molecule has 1 amide bonds. The Labute approximate surface area is 221 Å². The van der Waals surface area contributed by atoms with Crippen LogP contribution in [-0.4, -0.2) is 40.6 Å². The molecular formula is C27H29BrN2O5S. The third kappa shape index (κ3) is 5.81. The number of hydrogen-bond donors (Lipinski definition) is 3. The number of fused-ring (bicyclic) bond motifs is 1. The topological polar surface area (TPSA) is 96.9 Å². The summed E-state index contributed by atoms with van der Waals surface area (Å²) in [4.78, 5) is 13.3. The Hall–Kier alpha value is -2.72. The summed E-state index contributed by atoms with van der Waals surface area (Å²) in [6.45, 7) is 4.02. The largest absolute Gasteiger partial charge is 0.495 e. The lowest BCUT2D eigenvalue weighted by atomic mass is 9.86. The van der Waals surface area contributed by atoms with Crippen molar-refractivity contribution in [3.8, 4) is 11.5 Å². The maximum atomic E-state index is 13.4. The van der Waals surface area contributed by atoms with E-state index < -0.39 is 28.7 Å². The van der Waals surface area contributed by atoms with Crippen LogP contribution < -0.4 is 19.5 Å². The van der Waals surface area contributed by atoms with Crippen molar-refractivity contribution in [3.63, 3.8) is 0 Å². The predicted octanol–water partition coefficient (Wildman–Crippen LogP) is 4.32. The molecule has 36 heavy (non-hydrogen) atoms. The van der Waals surface area contributed by atoms with Crippen LogP contribution in [0, 0.1) is 0 Å². The van der Waals surface area contributed by atoms with Gasteiger partial charge in [-0.15, -0.1) is 0 Å². The normalized spacial score (nSPS) is 19.0. The average molecular weight is 574 g/mol. The van der Waals surface area contributed by atoms with Crippen LogP contribution in [0.5, 0.6) is 11.5 Å². The summed E-state index contributed by atoms with van der Waals surface area (Å²) in [7, 11) is -0.220. The van der Waals surface area contributed by atoms with Crippen LogP contribution in [-0.2, 0) is 17.4 Å². The van der Waals surface area contributed by atoms with Crippen LogP contribution in [0.2, 0.25) is 0 Å². The molecule has 1 unspecified atom stereocenters. The van der Waals surface area contributed by atoms with Gasteiger partial charge in [0.15, 0.2) is 0 Å². The zero-order valence-corrected chi connectivity index (χ0v) is 22.7. The average Bonchev–Trinajstić information content (AvgIpc) is 2.86. The minimum atomic E-state index is -1.73. The molecule has 9 heteroatoms. The van der Waals surface area contributed by atoms with Crippen LogP contribution in [0.4, 0.5) is 0 Å². The molecule has 1 aliphatic heterocycles. The van der Waals surface area contributed by atoms with E-state index in [1.807, 2.05) is 30.3 Å². The monoisotopic (exact) mass is 572 g/mol. The number of amides is 1. The van der Waals surface area contributed by atoms with Crippen molar-refractivity contribution in [3.05, 3.63) is 87.9 Å². The Balaban J connectivity index is 1.57. The number of benzene rings is 3. The van der Waals surface area contributed by atoms with Gasteiger partial charge in [-0.25, -0.2) is 8.93 Å². The molecule has 0 saturated carbocycles. The van der Waals surface area contributed by atoms with Gasteiger partial charge < -0.3 is 19.9 Å². The van der Waals surface area contributed by atoms with E-state index in [0.717, 1.165) is 10.0 Å². The van der Waals surface area contributed by atoms with Gasteiger partial charge in [-0.3, -0.25) is 4.79 Å². The van der Waals surface area contributed by atoms with Crippen molar-refractivity contribution >= 4 is 32.8 Å². The fraction of sp³-hybridized carbons (Fsp3) is 0.296. The molecule has 3 N–H and O–H groups in total. The van der Waals surface area contributed by atoms with Gasteiger partial charge in [-0.05, 0) is 62.2 Å². The molecule has 0 aromatic heterocycles. The summed E-state index contributed by atoms with van der Waals surface area (Å²) < 4.78 is 28.6. The zero-order valence-electron chi connectivity index (χ0n) is 20.3.